The Morgan fingerprint density at radius 1 is 1.18 bits per heavy atom. The molecule has 17 heavy (non-hydrogen) atoms. The van der Waals surface area contributed by atoms with Crippen LogP contribution in [-0.2, 0) is 6.42 Å². The third-order valence-corrected chi connectivity index (χ3v) is 3.81. The Morgan fingerprint density at radius 3 is 2.71 bits per heavy atom. The van der Waals surface area contributed by atoms with Crippen LogP contribution < -0.4 is 5.32 Å². The van der Waals surface area contributed by atoms with Gasteiger partial charge in [-0.1, -0.05) is 46.3 Å². The number of nitrogens with zero attached hydrogens (tertiary/aromatic N) is 1. The molecule has 0 unspecified atom stereocenters. The molecular formula is C14H19BrN2. The van der Waals surface area contributed by atoms with E-state index in [1.54, 1.807) is 0 Å². The van der Waals surface area contributed by atoms with Crippen molar-refractivity contribution in [3.8, 4) is 0 Å². The highest BCUT2D eigenvalue weighted by Crippen LogP contribution is 2.16. The molecule has 0 spiro atoms. The van der Waals surface area contributed by atoms with Crippen LogP contribution >= 0.6 is 15.9 Å². The molecule has 0 atom stereocenters. The van der Waals surface area contributed by atoms with E-state index in [1.165, 1.54) is 23.1 Å². The Bertz CT molecular complexity index is 370. The molecule has 0 aromatic heterocycles. The van der Waals surface area contributed by atoms with Gasteiger partial charge >= 0.3 is 0 Å². The molecule has 0 aliphatic carbocycles. The average Bonchev–Trinajstić information content (AvgIpc) is 2.38. The molecule has 1 N–H and O–H groups in total. The van der Waals surface area contributed by atoms with Gasteiger partial charge in [-0.2, -0.15) is 0 Å². The number of rotatable bonds is 4. The number of nitrogens with one attached hydrogen (secondary N) is 1. The highest BCUT2D eigenvalue weighted by molar-refractivity contribution is 9.10. The number of allylic oxidation sites excluding steroid dienone is 1. The van der Waals surface area contributed by atoms with Gasteiger partial charge in [-0.15, -0.1) is 0 Å². The van der Waals surface area contributed by atoms with Gasteiger partial charge in [-0.3, -0.25) is 4.90 Å². The maximum absolute atomic E-state index is 3.57. The quantitative estimate of drug-likeness (QED) is 0.858. The molecule has 1 saturated heterocycles. The van der Waals surface area contributed by atoms with Crippen molar-refractivity contribution in [2.45, 2.75) is 6.42 Å². The number of benzene rings is 1. The van der Waals surface area contributed by atoms with Crippen molar-refractivity contribution in [2.24, 2.45) is 0 Å². The molecule has 2 rings (SSSR count). The van der Waals surface area contributed by atoms with Crippen molar-refractivity contribution >= 4 is 15.9 Å². The van der Waals surface area contributed by atoms with Gasteiger partial charge in [0.05, 0.1) is 0 Å². The van der Waals surface area contributed by atoms with E-state index in [0.717, 1.165) is 26.1 Å². The first-order valence-corrected chi connectivity index (χ1v) is 6.97. The van der Waals surface area contributed by atoms with Gasteiger partial charge in [0, 0.05) is 37.2 Å². The molecule has 0 bridgehead atoms. The van der Waals surface area contributed by atoms with Crippen LogP contribution in [0.1, 0.15) is 5.56 Å². The smallest absolute Gasteiger partial charge is 0.0210 e. The molecule has 1 aromatic rings. The summed E-state index contributed by atoms with van der Waals surface area (Å²) >= 11 is 3.57. The predicted molar refractivity (Wildman–Crippen MR) is 76.3 cm³/mol. The molecule has 1 aliphatic rings. The topological polar surface area (TPSA) is 15.3 Å². The molecule has 1 heterocycles. The minimum atomic E-state index is 1.01. The molecule has 0 radical (unpaired) electrons. The first kappa shape index (κ1) is 12.8. The Kier molecular flexibility index (Phi) is 5.23. The van der Waals surface area contributed by atoms with Crippen molar-refractivity contribution in [1.82, 2.24) is 10.2 Å². The van der Waals surface area contributed by atoms with Crippen molar-refractivity contribution in [3.63, 3.8) is 0 Å². The lowest BCUT2D eigenvalue weighted by Gasteiger charge is -2.25. The summed E-state index contributed by atoms with van der Waals surface area (Å²) in [5, 5.41) is 3.37. The zero-order valence-electron chi connectivity index (χ0n) is 10.0. The summed E-state index contributed by atoms with van der Waals surface area (Å²) in [6.45, 7) is 5.65. The molecule has 1 aromatic carbocycles. The van der Waals surface area contributed by atoms with Crippen molar-refractivity contribution in [1.29, 1.82) is 0 Å². The average molecular weight is 295 g/mol. The number of hydrogen-bond acceptors (Lipinski definition) is 2. The third-order valence-electron chi connectivity index (χ3n) is 3.04. The number of piperazine rings is 1. The van der Waals surface area contributed by atoms with Gasteiger partial charge < -0.3 is 5.32 Å². The fraction of sp³-hybridized carbons (Fsp3) is 0.429. The normalized spacial score (nSPS) is 17.7. The van der Waals surface area contributed by atoms with E-state index >= 15 is 0 Å². The Hall–Kier alpha value is -0.640. The molecule has 2 nitrogen and oxygen atoms in total. The Balaban J connectivity index is 1.76. The van der Waals surface area contributed by atoms with Crippen molar-refractivity contribution in [3.05, 3.63) is 46.5 Å². The second-order valence-corrected chi connectivity index (χ2v) is 5.17. The van der Waals surface area contributed by atoms with E-state index < -0.39 is 0 Å². The van der Waals surface area contributed by atoms with Crippen LogP contribution in [0.2, 0.25) is 0 Å². The largest absolute Gasteiger partial charge is 0.314 e. The van der Waals surface area contributed by atoms with Crippen LogP contribution in [0.3, 0.4) is 0 Å². The minimum Gasteiger partial charge on any atom is -0.314 e. The molecular weight excluding hydrogens is 276 g/mol. The third kappa shape index (κ3) is 4.26. The van der Waals surface area contributed by atoms with Crippen LogP contribution in [0.5, 0.6) is 0 Å². The van der Waals surface area contributed by atoms with E-state index in [2.05, 4.69) is 62.6 Å². The second kappa shape index (κ2) is 6.94. The van der Waals surface area contributed by atoms with Crippen LogP contribution in [0.4, 0.5) is 0 Å². The first-order chi connectivity index (χ1) is 8.36. The fourth-order valence-corrected chi connectivity index (χ4v) is 2.44. The predicted octanol–water partition coefficient (Wildman–Crippen LogP) is 2.45. The standard InChI is InChI=1S/C14H19BrN2/c15-14-7-2-1-5-13(14)6-3-4-10-17-11-8-16-9-12-17/h1-5,7,16H,6,8-12H2/b4-3-. The van der Waals surface area contributed by atoms with Gasteiger partial charge in [-0.25, -0.2) is 0 Å². The highest BCUT2D eigenvalue weighted by atomic mass is 79.9. The Morgan fingerprint density at radius 2 is 1.94 bits per heavy atom. The van der Waals surface area contributed by atoms with Crippen molar-refractivity contribution in [2.75, 3.05) is 32.7 Å². The van der Waals surface area contributed by atoms with Crippen LogP contribution in [-0.4, -0.2) is 37.6 Å². The SMILES string of the molecule is Brc1ccccc1C/C=C\CN1CCNCC1. The summed E-state index contributed by atoms with van der Waals surface area (Å²) in [6, 6.07) is 8.40. The van der Waals surface area contributed by atoms with Gasteiger partial charge in [-0.05, 0) is 18.1 Å². The van der Waals surface area contributed by atoms with E-state index in [4.69, 9.17) is 0 Å². The molecule has 92 valence electrons. The summed E-state index contributed by atoms with van der Waals surface area (Å²) in [6.07, 6.45) is 5.56. The molecule has 3 heteroatoms. The maximum atomic E-state index is 3.57. The lowest BCUT2D eigenvalue weighted by atomic mass is 10.1. The van der Waals surface area contributed by atoms with Crippen LogP contribution in [0, 0.1) is 0 Å². The lowest BCUT2D eigenvalue weighted by molar-refractivity contribution is 0.264. The summed E-state index contributed by atoms with van der Waals surface area (Å²) in [5.74, 6) is 0. The summed E-state index contributed by atoms with van der Waals surface area (Å²) < 4.78 is 1.20. The van der Waals surface area contributed by atoms with Crippen LogP contribution in [0.15, 0.2) is 40.9 Å². The first-order valence-electron chi connectivity index (χ1n) is 6.18. The fourth-order valence-electron chi connectivity index (χ4n) is 1.99. The van der Waals surface area contributed by atoms with E-state index in [9.17, 15) is 0 Å². The minimum absolute atomic E-state index is 1.01. The van der Waals surface area contributed by atoms with E-state index in [0.29, 0.717) is 0 Å². The molecule has 0 saturated carbocycles. The molecule has 1 fully saturated rings. The van der Waals surface area contributed by atoms with Gasteiger partial charge in [0.25, 0.3) is 0 Å². The molecule has 1 aliphatic heterocycles. The van der Waals surface area contributed by atoms with Gasteiger partial charge in [0.15, 0.2) is 0 Å². The Labute approximate surface area is 112 Å². The summed E-state index contributed by atoms with van der Waals surface area (Å²) in [5.41, 5.74) is 1.35. The molecule has 0 amide bonds. The van der Waals surface area contributed by atoms with Crippen molar-refractivity contribution < 1.29 is 0 Å². The number of halogens is 1. The summed E-state index contributed by atoms with van der Waals surface area (Å²) in [4.78, 5) is 2.48. The second-order valence-electron chi connectivity index (χ2n) is 4.32. The van der Waals surface area contributed by atoms with Gasteiger partial charge in [0.1, 0.15) is 0 Å². The number of hydrogen-bond donors (Lipinski definition) is 1. The van der Waals surface area contributed by atoms with E-state index in [-0.39, 0.29) is 0 Å². The zero-order chi connectivity index (χ0) is 11.9. The zero-order valence-corrected chi connectivity index (χ0v) is 11.6. The monoisotopic (exact) mass is 294 g/mol. The lowest BCUT2D eigenvalue weighted by Crippen LogP contribution is -2.43. The summed E-state index contributed by atoms with van der Waals surface area (Å²) in [7, 11) is 0. The maximum Gasteiger partial charge on any atom is 0.0210 e. The van der Waals surface area contributed by atoms with E-state index in [1.807, 2.05) is 0 Å². The van der Waals surface area contributed by atoms with Crippen LogP contribution in [0.25, 0.3) is 0 Å². The van der Waals surface area contributed by atoms with Gasteiger partial charge in [0.2, 0.25) is 0 Å². The highest BCUT2D eigenvalue weighted by Gasteiger charge is 2.06.